The van der Waals surface area contributed by atoms with Gasteiger partial charge in [-0.25, -0.2) is 4.98 Å². The normalized spacial score (nSPS) is 16.4. The maximum absolute atomic E-state index is 12.9. The minimum absolute atomic E-state index is 0.0328. The molecule has 29 heavy (non-hydrogen) atoms. The van der Waals surface area contributed by atoms with E-state index >= 15 is 0 Å². The summed E-state index contributed by atoms with van der Waals surface area (Å²) in [7, 11) is 0. The number of thiazole rings is 1. The number of hydrogen-bond acceptors (Lipinski definition) is 4. The van der Waals surface area contributed by atoms with Crippen molar-refractivity contribution in [2.75, 3.05) is 18.4 Å². The van der Waals surface area contributed by atoms with Crippen molar-refractivity contribution in [3.05, 3.63) is 71.2 Å². The van der Waals surface area contributed by atoms with Gasteiger partial charge < -0.3 is 10.2 Å². The molecule has 2 aromatic carbocycles. The first-order valence-corrected chi connectivity index (χ1v) is 10.7. The molecule has 5 nitrogen and oxygen atoms in total. The summed E-state index contributed by atoms with van der Waals surface area (Å²) < 4.78 is 0. The number of aryl methyl sites for hydroxylation is 1. The van der Waals surface area contributed by atoms with E-state index in [1.807, 2.05) is 61.5 Å². The fraction of sp³-hybridized carbons (Fsp3) is 0.261. The van der Waals surface area contributed by atoms with Crippen LogP contribution < -0.4 is 5.32 Å². The molecule has 1 atom stereocenters. The Balaban J connectivity index is 1.41. The summed E-state index contributed by atoms with van der Waals surface area (Å²) in [6.07, 6.45) is 1.60. The minimum Gasteiger partial charge on any atom is -0.336 e. The summed E-state index contributed by atoms with van der Waals surface area (Å²) in [5.74, 6) is -0.341. The molecule has 1 saturated heterocycles. The number of rotatable bonds is 4. The highest BCUT2D eigenvalue weighted by atomic mass is 32.1. The van der Waals surface area contributed by atoms with Crippen molar-refractivity contribution in [2.45, 2.75) is 19.8 Å². The summed E-state index contributed by atoms with van der Waals surface area (Å²) in [6, 6.07) is 17.6. The lowest BCUT2D eigenvalue weighted by atomic mass is 9.96. The molecule has 4 rings (SSSR count). The summed E-state index contributed by atoms with van der Waals surface area (Å²) in [4.78, 5) is 31.9. The third kappa shape index (κ3) is 4.54. The third-order valence-corrected chi connectivity index (χ3v) is 6.03. The predicted molar refractivity (Wildman–Crippen MR) is 116 cm³/mol. The number of amides is 2. The van der Waals surface area contributed by atoms with E-state index in [1.165, 1.54) is 11.3 Å². The van der Waals surface area contributed by atoms with E-state index in [9.17, 15) is 9.59 Å². The Hall–Kier alpha value is -2.99. The van der Waals surface area contributed by atoms with Crippen LogP contribution in [0.5, 0.6) is 0 Å². The zero-order valence-corrected chi connectivity index (χ0v) is 17.1. The fourth-order valence-corrected chi connectivity index (χ4v) is 4.30. The molecule has 3 aromatic rings. The van der Waals surface area contributed by atoms with E-state index in [0.29, 0.717) is 18.8 Å². The van der Waals surface area contributed by atoms with Gasteiger partial charge in [0.05, 0.1) is 5.92 Å². The number of aromatic nitrogens is 1. The molecule has 0 aliphatic carbocycles. The monoisotopic (exact) mass is 405 g/mol. The zero-order chi connectivity index (χ0) is 20.2. The number of nitrogens with one attached hydrogen (secondary N) is 1. The van der Waals surface area contributed by atoms with Crippen LogP contribution in [-0.4, -0.2) is 34.8 Å². The standard InChI is InChI=1S/C23H23N3O2S/c1-16-9-11-19(12-10-16)24-21(27)18-8-5-13-26(14-18)23(28)20-15-29-22(25-20)17-6-3-2-4-7-17/h2-4,6-7,9-12,15,18H,5,8,13-14H2,1H3,(H,24,27). The van der Waals surface area contributed by atoms with Crippen LogP contribution in [0.4, 0.5) is 5.69 Å². The lowest BCUT2D eigenvalue weighted by Gasteiger charge is -2.31. The molecule has 2 amide bonds. The van der Waals surface area contributed by atoms with Crippen molar-refractivity contribution in [3.63, 3.8) is 0 Å². The second-order valence-electron chi connectivity index (χ2n) is 7.35. The fourth-order valence-electron chi connectivity index (χ4n) is 3.50. The van der Waals surface area contributed by atoms with Gasteiger partial charge in [-0.05, 0) is 31.9 Å². The zero-order valence-electron chi connectivity index (χ0n) is 16.3. The largest absolute Gasteiger partial charge is 0.336 e. The van der Waals surface area contributed by atoms with Gasteiger partial charge in [-0.2, -0.15) is 0 Å². The smallest absolute Gasteiger partial charge is 0.273 e. The van der Waals surface area contributed by atoms with E-state index in [0.717, 1.165) is 34.7 Å². The maximum Gasteiger partial charge on any atom is 0.273 e. The van der Waals surface area contributed by atoms with Crippen molar-refractivity contribution in [1.82, 2.24) is 9.88 Å². The van der Waals surface area contributed by atoms with E-state index in [2.05, 4.69) is 10.3 Å². The Kier molecular flexibility index (Phi) is 5.71. The molecule has 148 valence electrons. The highest BCUT2D eigenvalue weighted by Crippen LogP contribution is 2.25. The predicted octanol–water partition coefficient (Wildman–Crippen LogP) is 4.61. The Bertz CT molecular complexity index is 998. The molecule has 6 heteroatoms. The molecular weight excluding hydrogens is 382 g/mol. The van der Waals surface area contributed by atoms with Gasteiger partial charge in [0.1, 0.15) is 10.7 Å². The topological polar surface area (TPSA) is 62.3 Å². The van der Waals surface area contributed by atoms with Crippen LogP contribution in [0.3, 0.4) is 0 Å². The van der Waals surface area contributed by atoms with E-state index in [4.69, 9.17) is 0 Å². The lowest BCUT2D eigenvalue weighted by Crippen LogP contribution is -2.43. The number of carbonyl (C=O) groups is 2. The van der Waals surface area contributed by atoms with Crippen molar-refractivity contribution in [1.29, 1.82) is 0 Å². The van der Waals surface area contributed by atoms with Crippen LogP contribution >= 0.6 is 11.3 Å². The molecule has 0 saturated carbocycles. The molecule has 0 bridgehead atoms. The second kappa shape index (κ2) is 8.57. The molecule has 0 radical (unpaired) electrons. The summed E-state index contributed by atoms with van der Waals surface area (Å²) in [5, 5.41) is 5.61. The van der Waals surface area contributed by atoms with E-state index in [-0.39, 0.29) is 17.7 Å². The Morgan fingerprint density at radius 1 is 1.10 bits per heavy atom. The van der Waals surface area contributed by atoms with Gasteiger partial charge in [-0.1, -0.05) is 48.0 Å². The quantitative estimate of drug-likeness (QED) is 0.689. The third-order valence-electron chi connectivity index (χ3n) is 5.14. The molecule has 1 N–H and O–H groups in total. The Morgan fingerprint density at radius 2 is 1.86 bits per heavy atom. The number of piperidine rings is 1. The van der Waals surface area contributed by atoms with Crippen LogP contribution in [0, 0.1) is 12.8 Å². The van der Waals surface area contributed by atoms with Gasteiger partial charge in [0, 0.05) is 29.7 Å². The molecule has 2 heterocycles. The highest BCUT2D eigenvalue weighted by Gasteiger charge is 2.30. The molecule has 1 fully saturated rings. The van der Waals surface area contributed by atoms with Gasteiger partial charge in [0.2, 0.25) is 5.91 Å². The van der Waals surface area contributed by atoms with Crippen LogP contribution in [0.15, 0.2) is 60.0 Å². The molecule has 0 spiro atoms. The number of benzene rings is 2. The number of hydrogen-bond donors (Lipinski definition) is 1. The van der Waals surface area contributed by atoms with Crippen molar-refractivity contribution in [3.8, 4) is 10.6 Å². The molecule has 1 aliphatic rings. The SMILES string of the molecule is Cc1ccc(NC(=O)C2CCCN(C(=O)c3csc(-c4ccccc4)n3)C2)cc1. The van der Waals surface area contributed by atoms with Crippen LogP contribution in [0.25, 0.3) is 10.6 Å². The summed E-state index contributed by atoms with van der Waals surface area (Å²) >= 11 is 1.47. The summed E-state index contributed by atoms with van der Waals surface area (Å²) in [6.45, 7) is 3.10. The van der Waals surface area contributed by atoms with Crippen LogP contribution in [0.1, 0.15) is 28.9 Å². The molecule has 1 aliphatic heterocycles. The first-order valence-electron chi connectivity index (χ1n) is 9.78. The minimum atomic E-state index is -0.207. The average molecular weight is 406 g/mol. The average Bonchev–Trinajstić information content (AvgIpc) is 3.26. The number of likely N-dealkylation sites (tertiary alicyclic amines) is 1. The van der Waals surface area contributed by atoms with Crippen molar-refractivity contribution in [2.24, 2.45) is 5.92 Å². The summed E-state index contributed by atoms with van der Waals surface area (Å²) in [5.41, 5.74) is 3.39. The number of anilines is 1. The van der Waals surface area contributed by atoms with E-state index in [1.54, 1.807) is 10.3 Å². The van der Waals surface area contributed by atoms with Crippen molar-refractivity contribution >= 4 is 28.8 Å². The first kappa shape index (κ1) is 19.3. The maximum atomic E-state index is 12.9. The Labute approximate surface area is 174 Å². The first-order chi connectivity index (χ1) is 14.1. The number of carbonyl (C=O) groups excluding carboxylic acids is 2. The highest BCUT2D eigenvalue weighted by molar-refractivity contribution is 7.13. The molecular formula is C23H23N3O2S. The van der Waals surface area contributed by atoms with Crippen LogP contribution in [-0.2, 0) is 4.79 Å². The van der Waals surface area contributed by atoms with Gasteiger partial charge in [-0.3, -0.25) is 9.59 Å². The van der Waals surface area contributed by atoms with Gasteiger partial charge in [0.25, 0.3) is 5.91 Å². The lowest BCUT2D eigenvalue weighted by molar-refractivity contribution is -0.121. The Morgan fingerprint density at radius 3 is 2.62 bits per heavy atom. The van der Waals surface area contributed by atoms with Crippen molar-refractivity contribution < 1.29 is 9.59 Å². The van der Waals surface area contributed by atoms with E-state index < -0.39 is 0 Å². The molecule has 1 unspecified atom stereocenters. The number of nitrogens with zero attached hydrogens (tertiary/aromatic N) is 2. The molecule has 1 aromatic heterocycles. The van der Waals surface area contributed by atoms with Gasteiger partial charge in [-0.15, -0.1) is 11.3 Å². The van der Waals surface area contributed by atoms with Gasteiger partial charge in [0.15, 0.2) is 0 Å². The van der Waals surface area contributed by atoms with Gasteiger partial charge >= 0.3 is 0 Å². The second-order valence-corrected chi connectivity index (χ2v) is 8.21. The van der Waals surface area contributed by atoms with Crippen LogP contribution in [0.2, 0.25) is 0 Å².